The highest BCUT2D eigenvalue weighted by Gasteiger charge is 2.18. The zero-order valence-corrected chi connectivity index (χ0v) is 36.2. The van der Waals surface area contributed by atoms with Gasteiger partial charge >= 0.3 is 0 Å². The Labute approximate surface area is 381 Å². The van der Waals surface area contributed by atoms with Crippen LogP contribution in [0.2, 0.25) is 0 Å². The molecule has 0 unspecified atom stereocenters. The maximum atomic E-state index is 2.41. The molecule has 0 radical (unpaired) electrons. The summed E-state index contributed by atoms with van der Waals surface area (Å²) in [6.45, 7) is 0. The van der Waals surface area contributed by atoms with Crippen LogP contribution in [-0.4, -0.2) is 4.57 Å². The van der Waals surface area contributed by atoms with Crippen LogP contribution in [0, 0.1) is 0 Å². The molecule has 0 saturated carbocycles. The van der Waals surface area contributed by atoms with Crippen LogP contribution in [0.3, 0.4) is 0 Å². The molecule has 65 heavy (non-hydrogen) atoms. The number of anilines is 3. The van der Waals surface area contributed by atoms with Crippen molar-refractivity contribution in [3.05, 3.63) is 243 Å². The van der Waals surface area contributed by atoms with E-state index in [0.717, 1.165) is 17.1 Å². The van der Waals surface area contributed by atoms with Crippen molar-refractivity contribution in [3.8, 4) is 39.1 Å². The second-order valence-electron chi connectivity index (χ2n) is 16.9. The first kappa shape index (κ1) is 37.3. The summed E-state index contributed by atoms with van der Waals surface area (Å²) in [5.74, 6) is 0. The van der Waals surface area contributed by atoms with Gasteiger partial charge < -0.3 is 9.47 Å². The molecule has 0 N–H and O–H groups in total. The van der Waals surface area contributed by atoms with Crippen molar-refractivity contribution in [2.75, 3.05) is 4.90 Å². The summed E-state index contributed by atoms with van der Waals surface area (Å²) in [6.07, 6.45) is 0. The fraction of sp³-hybridized carbons (Fsp3) is 0. The molecule has 0 fully saturated rings. The predicted octanol–water partition coefficient (Wildman–Crippen LogP) is 17.9. The van der Waals surface area contributed by atoms with Crippen LogP contribution in [0.25, 0.3) is 103 Å². The van der Waals surface area contributed by atoms with Gasteiger partial charge in [0, 0.05) is 53.6 Å². The van der Waals surface area contributed by atoms with Gasteiger partial charge in [0.15, 0.2) is 0 Å². The molecular formula is C62H40N2S. The number of thiophene rings is 1. The van der Waals surface area contributed by atoms with Crippen molar-refractivity contribution in [1.82, 2.24) is 4.57 Å². The van der Waals surface area contributed by atoms with E-state index in [-0.39, 0.29) is 0 Å². The maximum Gasteiger partial charge on any atom is 0.0541 e. The number of hydrogen-bond donors (Lipinski definition) is 0. The molecule has 11 aromatic carbocycles. The van der Waals surface area contributed by atoms with Gasteiger partial charge in [0.05, 0.1) is 16.7 Å². The highest BCUT2D eigenvalue weighted by molar-refractivity contribution is 7.25. The van der Waals surface area contributed by atoms with Crippen molar-refractivity contribution >= 4 is 91.9 Å². The lowest BCUT2D eigenvalue weighted by atomic mass is 9.97. The van der Waals surface area contributed by atoms with Crippen molar-refractivity contribution in [1.29, 1.82) is 0 Å². The average molecular weight is 845 g/mol. The van der Waals surface area contributed by atoms with Crippen LogP contribution in [0.5, 0.6) is 0 Å². The molecule has 0 amide bonds. The molecule has 2 nitrogen and oxygen atoms in total. The van der Waals surface area contributed by atoms with Crippen molar-refractivity contribution < 1.29 is 0 Å². The van der Waals surface area contributed by atoms with E-state index in [2.05, 4.69) is 252 Å². The minimum absolute atomic E-state index is 1.11. The van der Waals surface area contributed by atoms with E-state index in [1.165, 1.54) is 103 Å². The van der Waals surface area contributed by atoms with Gasteiger partial charge in [0.25, 0.3) is 0 Å². The number of aromatic nitrogens is 1. The van der Waals surface area contributed by atoms with Crippen molar-refractivity contribution in [2.24, 2.45) is 0 Å². The quantitative estimate of drug-likeness (QED) is 0.145. The largest absolute Gasteiger partial charge is 0.310 e. The molecule has 0 aliphatic rings. The molecule has 0 aliphatic carbocycles. The third kappa shape index (κ3) is 6.31. The normalized spacial score (nSPS) is 11.7. The minimum atomic E-state index is 1.11. The molecular weight excluding hydrogens is 805 g/mol. The van der Waals surface area contributed by atoms with E-state index in [9.17, 15) is 0 Å². The minimum Gasteiger partial charge on any atom is -0.310 e. The Balaban J connectivity index is 0.850. The molecule has 3 heteroatoms. The molecule has 0 saturated heterocycles. The zero-order chi connectivity index (χ0) is 42.8. The first-order chi connectivity index (χ1) is 32.2. The predicted molar refractivity (Wildman–Crippen MR) is 280 cm³/mol. The van der Waals surface area contributed by atoms with E-state index in [0.29, 0.717) is 0 Å². The lowest BCUT2D eigenvalue weighted by Crippen LogP contribution is -2.09. The highest BCUT2D eigenvalue weighted by Crippen LogP contribution is 2.42. The number of nitrogens with zero attached hydrogens (tertiary/aromatic N) is 2. The molecule has 0 bridgehead atoms. The van der Waals surface area contributed by atoms with Gasteiger partial charge in [-0.25, -0.2) is 0 Å². The summed E-state index contributed by atoms with van der Waals surface area (Å²) in [4.78, 5) is 2.39. The van der Waals surface area contributed by atoms with Gasteiger partial charge in [-0.15, -0.1) is 11.3 Å². The zero-order valence-electron chi connectivity index (χ0n) is 35.4. The van der Waals surface area contributed by atoms with Crippen LogP contribution < -0.4 is 4.90 Å². The fourth-order valence-corrected chi connectivity index (χ4v) is 11.2. The Bertz CT molecular complexity index is 3880. The Hall–Kier alpha value is -8.24. The van der Waals surface area contributed by atoms with E-state index < -0.39 is 0 Å². The van der Waals surface area contributed by atoms with Crippen LogP contribution in [0.15, 0.2) is 243 Å². The summed E-state index contributed by atoms with van der Waals surface area (Å²) in [7, 11) is 0. The van der Waals surface area contributed by atoms with Gasteiger partial charge in [0.2, 0.25) is 0 Å². The summed E-state index contributed by atoms with van der Waals surface area (Å²) in [6, 6.07) is 88.9. The van der Waals surface area contributed by atoms with Crippen LogP contribution in [0.1, 0.15) is 0 Å². The first-order valence-electron chi connectivity index (χ1n) is 22.2. The molecule has 0 atom stereocenters. The molecule has 13 aromatic rings. The topological polar surface area (TPSA) is 8.17 Å². The maximum absolute atomic E-state index is 2.41. The first-order valence-corrected chi connectivity index (χ1v) is 23.1. The SMILES string of the molecule is c1ccc(-n2c3ccccc3c3ccccc32)c(-c2ccc(-c3ccc(N(c4ccc(-c5ccc6c(ccc7ccccc76)c5)cc4)c4ccc5c(c4)sc4ccccc45)cc3)cc2)c1. The Morgan fingerprint density at radius 2 is 0.769 bits per heavy atom. The number of rotatable bonds is 7. The van der Waals surface area contributed by atoms with Crippen molar-refractivity contribution in [2.45, 2.75) is 0 Å². The Morgan fingerprint density at radius 3 is 1.49 bits per heavy atom. The van der Waals surface area contributed by atoms with Gasteiger partial charge in [-0.3, -0.25) is 0 Å². The molecule has 304 valence electrons. The number of benzene rings is 11. The third-order valence-corrected chi connectivity index (χ3v) is 14.3. The second kappa shape index (κ2) is 15.2. The van der Waals surface area contributed by atoms with E-state index in [4.69, 9.17) is 0 Å². The number of para-hydroxylation sites is 3. The molecule has 2 heterocycles. The average Bonchev–Trinajstić information content (AvgIpc) is 3.92. The highest BCUT2D eigenvalue weighted by atomic mass is 32.1. The fourth-order valence-electron chi connectivity index (χ4n) is 10.0. The monoisotopic (exact) mass is 844 g/mol. The lowest BCUT2D eigenvalue weighted by molar-refractivity contribution is 1.18. The van der Waals surface area contributed by atoms with Gasteiger partial charge in [0.1, 0.15) is 0 Å². The van der Waals surface area contributed by atoms with Gasteiger partial charge in [-0.1, -0.05) is 176 Å². The number of hydrogen-bond acceptors (Lipinski definition) is 2. The molecule has 2 aromatic heterocycles. The molecule has 13 rings (SSSR count). The second-order valence-corrected chi connectivity index (χ2v) is 18.0. The van der Waals surface area contributed by atoms with Gasteiger partial charge in [-0.05, 0) is 116 Å². The van der Waals surface area contributed by atoms with Crippen LogP contribution in [0.4, 0.5) is 17.1 Å². The van der Waals surface area contributed by atoms with Crippen LogP contribution >= 0.6 is 11.3 Å². The molecule has 0 aliphatic heterocycles. The summed E-state index contributed by atoms with van der Waals surface area (Å²) >= 11 is 1.86. The summed E-state index contributed by atoms with van der Waals surface area (Å²) < 4.78 is 5.00. The summed E-state index contributed by atoms with van der Waals surface area (Å²) in [5, 5.41) is 10.2. The summed E-state index contributed by atoms with van der Waals surface area (Å²) in [5.41, 5.74) is 14.1. The standard InChI is InChI=1S/C62H40N2S/c1-2-12-51-44(11-1)25-26-47-39-46(31-37-52(47)51)43-29-34-49(35-30-43)63(50-36-38-57-56-16-6-10-20-61(56)65-62(57)40-50)48-32-27-42(28-33-48)41-21-23-45(24-22-41)53-13-3-7-17-58(53)64-59-18-8-4-14-54(59)55-15-5-9-19-60(55)64/h1-40H. The molecule has 0 spiro atoms. The lowest BCUT2D eigenvalue weighted by Gasteiger charge is -2.26. The Kier molecular flexibility index (Phi) is 8.75. The van der Waals surface area contributed by atoms with Gasteiger partial charge in [-0.2, -0.15) is 0 Å². The van der Waals surface area contributed by atoms with Crippen LogP contribution in [-0.2, 0) is 0 Å². The number of fused-ring (bicyclic) bond motifs is 9. The smallest absolute Gasteiger partial charge is 0.0541 e. The third-order valence-electron chi connectivity index (χ3n) is 13.2. The van der Waals surface area contributed by atoms with E-state index >= 15 is 0 Å². The van der Waals surface area contributed by atoms with E-state index in [1.807, 2.05) is 11.3 Å². The van der Waals surface area contributed by atoms with E-state index in [1.54, 1.807) is 0 Å². The Morgan fingerprint density at radius 1 is 0.292 bits per heavy atom. The van der Waals surface area contributed by atoms with Crippen molar-refractivity contribution in [3.63, 3.8) is 0 Å².